The standard InChI is InChI=1S/C2Cl4F8S2/c3-15(4,11,12)1(7,8)16(5,6,13,14)2(15,9)10. The van der Waals surface area contributed by atoms with E-state index in [2.05, 4.69) is 42.7 Å². The van der Waals surface area contributed by atoms with Crippen molar-refractivity contribution < 1.29 is 33.1 Å². The van der Waals surface area contributed by atoms with Crippen LogP contribution in [0, 0.1) is 0 Å². The van der Waals surface area contributed by atoms with Gasteiger partial charge in [-0.3, -0.25) is 0 Å². The minimum absolute atomic E-state index is 3.69. The Morgan fingerprint density at radius 3 is 0.750 bits per heavy atom. The molecule has 1 rings (SSSR count). The highest BCUT2D eigenvalue weighted by molar-refractivity contribution is 9.11. The van der Waals surface area contributed by atoms with Gasteiger partial charge in [-0.1, -0.05) is 0 Å². The molecule has 0 saturated carbocycles. The number of hydrogen-bond donors (Lipinski definition) is 0. The fourth-order valence-corrected chi connectivity index (χ4v) is 20.1. The second-order valence-corrected chi connectivity index (χ2v) is 19.2. The molecule has 14 heteroatoms. The van der Waals surface area contributed by atoms with Gasteiger partial charge in [0.2, 0.25) is 15.0 Å². The summed E-state index contributed by atoms with van der Waals surface area (Å²) in [4.78, 5) is 0. The van der Waals surface area contributed by atoms with Crippen LogP contribution >= 0.6 is 57.7 Å². The summed E-state index contributed by atoms with van der Waals surface area (Å²) in [6.07, 6.45) is 0. The van der Waals surface area contributed by atoms with Gasteiger partial charge in [-0.05, 0) is 42.7 Å². The van der Waals surface area contributed by atoms with E-state index in [1.54, 1.807) is 0 Å². The van der Waals surface area contributed by atoms with Crippen LogP contribution in [0.5, 0.6) is 0 Å². The van der Waals surface area contributed by atoms with E-state index >= 15 is 0 Å². The highest BCUT2D eigenvalue weighted by Gasteiger charge is 3.23. The third kappa shape index (κ3) is 0.833. The van der Waals surface area contributed by atoms with Gasteiger partial charge < -0.3 is 0 Å². The predicted molar refractivity (Wildman–Crippen MR) is 52.9 cm³/mol. The normalized spacial score (nSPS) is 50.2. The zero-order valence-electron chi connectivity index (χ0n) is 6.35. The van der Waals surface area contributed by atoms with Crippen LogP contribution in [0.2, 0.25) is 0 Å². The van der Waals surface area contributed by atoms with Gasteiger partial charge in [-0.25, -0.2) is 0 Å². The van der Waals surface area contributed by atoms with Gasteiger partial charge in [0.15, 0.2) is 0 Å². The maximum Gasteiger partial charge on any atom is 0.427 e. The second-order valence-electron chi connectivity index (χ2n) is 3.07. The lowest BCUT2D eigenvalue weighted by atomic mass is 11.5. The van der Waals surface area contributed by atoms with Gasteiger partial charge >= 0.3 is 9.17 Å². The molecule has 1 fully saturated rings. The summed E-state index contributed by atoms with van der Waals surface area (Å²) in [7, 11) is -4.82. The van der Waals surface area contributed by atoms with Crippen LogP contribution in [-0.4, -0.2) is 9.17 Å². The maximum absolute atomic E-state index is 13.0. The highest BCUT2D eigenvalue weighted by Crippen LogP contribution is 3.42. The average molecular weight is 382 g/mol. The summed E-state index contributed by atoms with van der Waals surface area (Å²) >= 11 is 0. The van der Waals surface area contributed by atoms with E-state index in [1.807, 2.05) is 0 Å². The molecule has 1 aliphatic heterocycles. The molecule has 0 radical (unpaired) electrons. The molecule has 1 heterocycles. The molecule has 0 aliphatic carbocycles. The summed E-state index contributed by atoms with van der Waals surface area (Å²) in [6, 6.07) is 0. The van der Waals surface area contributed by atoms with Crippen molar-refractivity contribution in [3.05, 3.63) is 0 Å². The van der Waals surface area contributed by atoms with Crippen LogP contribution in [-0.2, 0) is 0 Å². The van der Waals surface area contributed by atoms with Gasteiger partial charge in [-0.15, -0.1) is 15.5 Å². The zero-order chi connectivity index (χ0) is 13.8. The molecule has 0 atom stereocenters. The Kier molecular flexibility index (Phi) is 1.95. The van der Waals surface area contributed by atoms with Gasteiger partial charge in [0.05, 0.1) is 0 Å². The van der Waals surface area contributed by atoms with Crippen molar-refractivity contribution in [2.45, 2.75) is 9.17 Å². The SMILES string of the molecule is FC1(F)S(F)(F)(Cl)(Cl)C(F)(F)S1(F)(F)(Cl)Cl. The Bertz CT molecular complexity index is 344. The van der Waals surface area contributed by atoms with Crippen molar-refractivity contribution in [3.8, 4) is 0 Å². The summed E-state index contributed by atoms with van der Waals surface area (Å²) in [5.41, 5.74) is 0. The molecule has 0 unspecified atom stereocenters. The van der Waals surface area contributed by atoms with Gasteiger partial charge in [0.25, 0.3) is 0 Å². The van der Waals surface area contributed by atoms with Gasteiger partial charge in [-0.2, -0.15) is 17.6 Å². The Balaban J connectivity index is 3.94. The van der Waals surface area contributed by atoms with E-state index in [0.717, 1.165) is 0 Å². The van der Waals surface area contributed by atoms with Crippen LogP contribution in [0.4, 0.5) is 33.1 Å². The molecule has 0 nitrogen and oxygen atoms in total. The van der Waals surface area contributed by atoms with Crippen LogP contribution in [0.25, 0.3) is 0 Å². The number of halogens is 12. The molecule has 0 spiro atoms. The Morgan fingerprint density at radius 1 is 0.562 bits per heavy atom. The van der Waals surface area contributed by atoms with Crippen molar-refractivity contribution >= 4 is 57.7 Å². The smallest absolute Gasteiger partial charge is 0.173 e. The van der Waals surface area contributed by atoms with Crippen LogP contribution < -0.4 is 0 Å². The van der Waals surface area contributed by atoms with Crippen LogP contribution in [0.3, 0.4) is 0 Å². The molecule has 1 aliphatic rings. The average Bonchev–Trinajstić information content (AvgIpc) is 1.77. The number of rotatable bonds is 0. The minimum Gasteiger partial charge on any atom is -0.173 e. The largest absolute Gasteiger partial charge is 0.427 e. The Morgan fingerprint density at radius 2 is 0.688 bits per heavy atom. The third-order valence-electron chi connectivity index (χ3n) is 1.91. The second kappa shape index (κ2) is 2.04. The molecule has 0 aromatic heterocycles. The third-order valence-corrected chi connectivity index (χ3v) is 17.1. The van der Waals surface area contributed by atoms with E-state index < -0.39 is 24.2 Å². The maximum atomic E-state index is 13.0. The predicted octanol–water partition coefficient (Wildman–Crippen LogP) is 7.01. The Hall–Kier alpha value is 1.30. The minimum atomic E-state index is -9.80. The van der Waals surface area contributed by atoms with E-state index in [0.29, 0.717) is 0 Å². The van der Waals surface area contributed by atoms with Crippen molar-refractivity contribution in [2.75, 3.05) is 0 Å². The summed E-state index contributed by atoms with van der Waals surface area (Å²) in [6.45, 7) is 0. The lowest BCUT2D eigenvalue weighted by Crippen LogP contribution is -2.71. The van der Waals surface area contributed by atoms with E-state index in [9.17, 15) is 33.1 Å². The number of hydrogen-bond acceptors (Lipinski definition) is 0. The van der Waals surface area contributed by atoms with Gasteiger partial charge in [0.1, 0.15) is 0 Å². The molecule has 0 bridgehead atoms. The molecule has 0 amide bonds. The molecule has 0 aromatic carbocycles. The molecule has 1 saturated heterocycles. The van der Waals surface area contributed by atoms with E-state index in [1.165, 1.54) is 0 Å². The van der Waals surface area contributed by atoms with Gasteiger partial charge in [0, 0.05) is 0 Å². The number of alkyl halides is 4. The fraction of sp³-hybridized carbons (Fsp3) is 1.00. The van der Waals surface area contributed by atoms with Crippen molar-refractivity contribution in [1.29, 1.82) is 0 Å². The Labute approximate surface area is 99.8 Å². The molecule has 0 N–H and O–H groups in total. The van der Waals surface area contributed by atoms with Crippen molar-refractivity contribution in [3.63, 3.8) is 0 Å². The summed E-state index contributed by atoms with van der Waals surface area (Å²) in [5.74, 6) is 0. The zero-order valence-corrected chi connectivity index (χ0v) is 11.0. The first kappa shape index (κ1) is 15.4. The summed E-state index contributed by atoms with van der Waals surface area (Å²) < 4.78 is 89.0. The van der Waals surface area contributed by atoms with Crippen LogP contribution in [0.15, 0.2) is 0 Å². The topological polar surface area (TPSA) is 0 Å². The molecule has 16 heavy (non-hydrogen) atoms. The monoisotopic (exact) mass is 380 g/mol. The molecular formula is C2Cl4F8S2. The highest BCUT2D eigenvalue weighted by atomic mass is 36.0. The van der Waals surface area contributed by atoms with E-state index in [-0.39, 0.29) is 0 Å². The van der Waals surface area contributed by atoms with Crippen molar-refractivity contribution in [2.24, 2.45) is 0 Å². The lowest BCUT2D eigenvalue weighted by Gasteiger charge is -2.84. The molecule has 0 aromatic rings. The first-order valence-corrected chi connectivity index (χ1v) is 10.6. The van der Waals surface area contributed by atoms with E-state index in [4.69, 9.17) is 0 Å². The molecular weight excluding hydrogens is 382 g/mol. The summed E-state index contributed by atoms with van der Waals surface area (Å²) in [5, 5.41) is 0. The first-order valence-electron chi connectivity index (χ1n) is 2.81. The first-order chi connectivity index (χ1) is 6.08. The quantitative estimate of drug-likeness (QED) is 0.396. The lowest BCUT2D eigenvalue weighted by molar-refractivity contribution is 0.0624. The fourth-order valence-electron chi connectivity index (χ4n) is 0.917. The molecule has 104 valence electrons. The van der Waals surface area contributed by atoms with Crippen LogP contribution in [0.1, 0.15) is 0 Å². The van der Waals surface area contributed by atoms with Crippen molar-refractivity contribution in [1.82, 2.24) is 0 Å².